The van der Waals surface area contributed by atoms with Crippen molar-refractivity contribution in [1.82, 2.24) is 0 Å². The lowest BCUT2D eigenvalue weighted by Crippen LogP contribution is -2.03. The van der Waals surface area contributed by atoms with Gasteiger partial charge in [0.2, 0.25) is 5.91 Å². The molecule has 2 N–H and O–H groups in total. The lowest BCUT2D eigenvalue weighted by Gasteiger charge is -2.09. The lowest BCUT2D eigenvalue weighted by molar-refractivity contribution is -0.115. The first-order valence-electron chi connectivity index (χ1n) is 6.59. The van der Waals surface area contributed by atoms with Crippen molar-refractivity contribution < 1.29 is 4.79 Å². The summed E-state index contributed by atoms with van der Waals surface area (Å²) in [7, 11) is 0. The molecule has 5 heteroatoms. The molecule has 1 aliphatic rings. The van der Waals surface area contributed by atoms with E-state index in [9.17, 15) is 4.79 Å². The van der Waals surface area contributed by atoms with Crippen LogP contribution in [0.5, 0.6) is 0 Å². The van der Waals surface area contributed by atoms with Gasteiger partial charge in [0.15, 0.2) is 0 Å². The van der Waals surface area contributed by atoms with Crippen molar-refractivity contribution in [3.05, 3.63) is 44.6 Å². The molecule has 2 aromatic rings. The van der Waals surface area contributed by atoms with Crippen LogP contribution < -0.4 is 10.6 Å². The molecule has 104 valence electrons. The van der Waals surface area contributed by atoms with Crippen LogP contribution in [0.2, 0.25) is 5.02 Å². The van der Waals surface area contributed by atoms with Crippen LogP contribution in [-0.4, -0.2) is 5.91 Å². The van der Waals surface area contributed by atoms with Crippen molar-refractivity contribution in [2.24, 2.45) is 0 Å². The van der Waals surface area contributed by atoms with Crippen LogP contribution in [0.25, 0.3) is 0 Å². The number of fused-ring (bicyclic) bond motifs is 1. The molecule has 3 rings (SSSR count). The molecule has 0 saturated carbocycles. The van der Waals surface area contributed by atoms with Crippen LogP contribution in [-0.2, 0) is 24.2 Å². The molecule has 0 radical (unpaired) electrons. The zero-order valence-corrected chi connectivity index (χ0v) is 12.7. The van der Waals surface area contributed by atoms with Gasteiger partial charge in [-0.05, 0) is 36.2 Å². The van der Waals surface area contributed by atoms with Crippen molar-refractivity contribution in [2.75, 3.05) is 10.6 Å². The fraction of sp³-hybridized carbons (Fsp3) is 0.267. The molecule has 1 aromatic carbocycles. The highest BCUT2D eigenvalue weighted by Gasteiger charge is 2.19. The minimum absolute atomic E-state index is 0.0269. The Morgan fingerprint density at radius 2 is 2.15 bits per heavy atom. The predicted molar refractivity (Wildman–Crippen MR) is 84.8 cm³/mol. The first kappa shape index (κ1) is 13.5. The number of anilines is 2. The molecule has 0 aliphatic carbocycles. The maximum Gasteiger partial charge on any atom is 0.228 e. The van der Waals surface area contributed by atoms with E-state index in [1.807, 2.05) is 23.5 Å². The van der Waals surface area contributed by atoms with E-state index in [0.29, 0.717) is 11.4 Å². The van der Waals surface area contributed by atoms with Crippen molar-refractivity contribution in [1.29, 1.82) is 0 Å². The second kappa shape index (κ2) is 5.46. The highest BCUT2D eigenvalue weighted by molar-refractivity contribution is 7.12. The maximum atomic E-state index is 11.4. The minimum Gasteiger partial charge on any atom is -0.379 e. The Labute approximate surface area is 127 Å². The molecule has 1 amide bonds. The van der Waals surface area contributed by atoms with E-state index in [1.54, 1.807) is 0 Å². The van der Waals surface area contributed by atoms with Gasteiger partial charge >= 0.3 is 0 Å². The molecule has 0 saturated heterocycles. The van der Waals surface area contributed by atoms with Crippen molar-refractivity contribution in [3.8, 4) is 0 Å². The summed E-state index contributed by atoms with van der Waals surface area (Å²) < 4.78 is 0. The van der Waals surface area contributed by atoms with Gasteiger partial charge in [0.25, 0.3) is 0 Å². The molecule has 20 heavy (non-hydrogen) atoms. The summed E-state index contributed by atoms with van der Waals surface area (Å²) in [5, 5.41) is 6.79. The van der Waals surface area contributed by atoms with Gasteiger partial charge < -0.3 is 10.6 Å². The molecule has 3 nitrogen and oxygen atoms in total. The third-order valence-corrected chi connectivity index (χ3v) is 4.88. The molecule has 0 unspecified atom stereocenters. The topological polar surface area (TPSA) is 41.1 Å². The number of aryl methyl sites for hydroxylation is 1. The van der Waals surface area contributed by atoms with Gasteiger partial charge in [-0.2, -0.15) is 0 Å². The Balaban J connectivity index is 1.74. The van der Waals surface area contributed by atoms with Gasteiger partial charge in [-0.15, -0.1) is 11.3 Å². The van der Waals surface area contributed by atoms with Crippen LogP contribution in [0.1, 0.15) is 22.2 Å². The summed E-state index contributed by atoms with van der Waals surface area (Å²) in [4.78, 5) is 14.0. The highest BCUT2D eigenvalue weighted by atomic mass is 35.5. The lowest BCUT2D eigenvalue weighted by atomic mass is 10.1. The van der Waals surface area contributed by atoms with E-state index in [4.69, 9.17) is 11.6 Å². The molecular formula is C15H15ClN2OS. The number of hydrogen-bond donors (Lipinski definition) is 2. The van der Waals surface area contributed by atoms with E-state index < -0.39 is 0 Å². The number of hydrogen-bond acceptors (Lipinski definition) is 3. The summed E-state index contributed by atoms with van der Waals surface area (Å²) in [5.74, 6) is 0.0269. The third kappa shape index (κ3) is 2.67. The van der Waals surface area contributed by atoms with E-state index >= 15 is 0 Å². The maximum absolute atomic E-state index is 11.4. The fourth-order valence-corrected chi connectivity index (χ4v) is 3.40. The van der Waals surface area contributed by atoms with Crippen LogP contribution in [0, 0.1) is 0 Å². The molecule has 2 heterocycles. The van der Waals surface area contributed by atoms with E-state index in [1.165, 1.54) is 9.75 Å². The Morgan fingerprint density at radius 3 is 2.90 bits per heavy atom. The van der Waals surface area contributed by atoms with Crippen LogP contribution >= 0.6 is 22.9 Å². The Bertz CT molecular complexity index is 666. The molecule has 0 spiro atoms. The van der Waals surface area contributed by atoms with E-state index in [2.05, 4.69) is 29.7 Å². The smallest absolute Gasteiger partial charge is 0.228 e. The highest BCUT2D eigenvalue weighted by Crippen LogP contribution is 2.33. The van der Waals surface area contributed by atoms with Gasteiger partial charge in [-0.3, -0.25) is 4.79 Å². The summed E-state index contributed by atoms with van der Waals surface area (Å²) in [6.45, 7) is 2.91. The number of carbonyl (C=O) groups is 1. The molecule has 0 bridgehead atoms. The zero-order valence-electron chi connectivity index (χ0n) is 11.1. The van der Waals surface area contributed by atoms with Gasteiger partial charge in [-0.25, -0.2) is 0 Å². The standard InChI is InChI=1S/C15H15ClN2OS/c1-2-10-3-4-11(20-10)8-17-14-5-9-6-15(19)18-13(9)7-12(14)16/h3-5,7,17H,2,6,8H2,1H3,(H,18,19). The quantitative estimate of drug-likeness (QED) is 0.894. The van der Waals surface area contributed by atoms with Gasteiger partial charge in [0.1, 0.15) is 0 Å². The first-order valence-corrected chi connectivity index (χ1v) is 7.79. The Morgan fingerprint density at radius 1 is 1.35 bits per heavy atom. The fourth-order valence-electron chi connectivity index (χ4n) is 2.27. The molecular weight excluding hydrogens is 292 g/mol. The van der Waals surface area contributed by atoms with Crippen molar-refractivity contribution in [2.45, 2.75) is 26.3 Å². The monoisotopic (exact) mass is 306 g/mol. The number of amides is 1. The van der Waals surface area contributed by atoms with Crippen molar-refractivity contribution >= 4 is 40.2 Å². The van der Waals surface area contributed by atoms with Gasteiger partial charge in [0.05, 0.1) is 17.1 Å². The Hall–Kier alpha value is -1.52. The number of halogens is 1. The van der Waals surface area contributed by atoms with Crippen LogP contribution in [0.15, 0.2) is 24.3 Å². The normalized spacial score (nSPS) is 13.2. The third-order valence-electron chi connectivity index (χ3n) is 3.34. The Kier molecular flexibility index (Phi) is 3.68. The van der Waals surface area contributed by atoms with Gasteiger partial charge in [0, 0.05) is 22.0 Å². The predicted octanol–water partition coefficient (Wildman–Crippen LogP) is 4.07. The number of nitrogens with one attached hydrogen (secondary N) is 2. The minimum atomic E-state index is 0.0269. The molecule has 0 atom stereocenters. The number of benzene rings is 1. The number of thiophene rings is 1. The van der Waals surface area contributed by atoms with E-state index in [-0.39, 0.29) is 5.91 Å². The molecule has 1 aromatic heterocycles. The van der Waals surface area contributed by atoms with Crippen LogP contribution in [0.3, 0.4) is 0 Å². The number of rotatable bonds is 4. The molecule has 1 aliphatic heterocycles. The largest absolute Gasteiger partial charge is 0.379 e. The zero-order chi connectivity index (χ0) is 14.1. The van der Waals surface area contributed by atoms with E-state index in [0.717, 1.165) is 29.9 Å². The summed E-state index contributed by atoms with van der Waals surface area (Å²) in [6, 6.07) is 8.08. The first-order chi connectivity index (χ1) is 9.65. The summed E-state index contributed by atoms with van der Waals surface area (Å²) in [5.41, 5.74) is 2.71. The summed E-state index contributed by atoms with van der Waals surface area (Å²) >= 11 is 8.06. The van der Waals surface area contributed by atoms with Gasteiger partial charge in [-0.1, -0.05) is 18.5 Å². The second-order valence-electron chi connectivity index (χ2n) is 4.79. The van der Waals surface area contributed by atoms with Crippen LogP contribution in [0.4, 0.5) is 11.4 Å². The number of carbonyl (C=O) groups excluding carboxylic acids is 1. The SMILES string of the molecule is CCc1ccc(CNc2cc3c(cc2Cl)NC(=O)C3)s1. The average molecular weight is 307 g/mol. The second-order valence-corrected chi connectivity index (χ2v) is 6.45. The average Bonchev–Trinajstić information content (AvgIpc) is 3.01. The molecule has 0 fully saturated rings. The summed E-state index contributed by atoms with van der Waals surface area (Å²) in [6.07, 6.45) is 1.50. The van der Waals surface area contributed by atoms with Crippen molar-refractivity contribution in [3.63, 3.8) is 0 Å².